The van der Waals surface area contributed by atoms with Crippen LogP contribution in [0.3, 0.4) is 0 Å². The zero-order valence-corrected chi connectivity index (χ0v) is 13.2. The SMILES string of the molecule is O=C(O)[C@@H]1C(O)CCN1C(=O)CCCCC(S)CCS. The Kier molecular flexibility index (Phi) is 7.76. The van der Waals surface area contributed by atoms with Crippen LogP contribution in [-0.2, 0) is 9.59 Å². The van der Waals surface area contributed by atoms with E-state index in [4.69, 9.17) is 5.11 Å². The quantitative estimate of drug-likeness (QED) is 0.400. The van der Waals surface area contributed by atoms with Crippen LogP contribution in [0.5, 0.6) is 0 Å². The average Bonchev–Trinajstić information content (AvgIpc) is 2.77. The molecule has 1 aliphatic rings. The second-order valence-corrected chi connectivity index (χ2v) is 6.32. The minimum Gasteiger partial charge on any atom is -0.480 e. The molecule has 0 aromatic carbocycles. The second-order valence-electron chi connectivity index (χ2n) is 5.14. The van der Waals surface area contributed by atoms with Crippen LogP contribution in [0.2, 0.25) is 0 Å². The molecule has 116 valence electrons. The van der Waals surface area contributed by atoms with Gasteiger partial charge in [-0.15, -0.1) is 0 Å². The molecule has 1 rings (SSSR count). The van der Waals surface area contributed by atoms with Crippen molar-refractivity contribution >= 4 is 37.1 Å². The molecule has 0 aromatic rings. The molecule has 5 nitrogen and oxygen atoms in total. The van der Waals surface area contributed by atoms with Gasteiger partial charge in [0.1, 0.15) is 0 Å². The van der Waals surface area contributed by atoms with Gasteiger partial charge in [0, 0.05) is 18.2 Å². The van der Waals surface area contributed by atoms with Crippen LogP contribution in [0, 0.1) is 0 Å². The molecule has 7 heteroatoms. The maximum Gasteiger partial charge on any atom is 0.329 e. The molecule has 1 saturated heterocycles. The Hall–Kier alpha value is -0.400. The lowest BCUT2D eigenvalue weighted by atomic mass is 10.1. The van der Waals surface area contributed by atoms with Crippen molar-refractivity contribution in [2.24, 2.45) is 0 Å². The van der Waals surface area contributed by atoms with Gasteiger partial charge in [0.2, 0.25) is 5.91 Å². The fourth-order valence-electron chi connectivity index (χ4n) is 2.45. The number of carbonyl (C=O) groups is 2. The van der Waals surface area contributed by atoms with E-state index in [2.05, 4.69) is 25.3 Å². The van der Waals surface area contributed by atoms with Crippen molar-refractivity contribution in [1.82, 2.24) is 4.90 Å². The summed E-state index contributed by atoms with van der Waals surface area (Å²) >= 11 is 8.57. The van der Waals surface area contributed by atoms with Crippen molar-refractivity contribution < 1.29 is 19.8 Å². The van der Waals surface area contributed by atoms with Crippen molar-refractivity contribution in [3.05, 3.63) is 0 Å². The monoisotopic (exact) mass is 321 g/mol. The third-order valence-electron chi connectivity index (χ3n) is 3.58. The molecule has 0 radical (unpaired) electrons. The second kappa shape index (κ2) is 8.79. The molecule has 1 heterocycles. The molecule has 3 atom stereocenters. The first-order valence-electron chi connectivity index (χ1n) is 6.96. The normalized spacial score (nSPS) is 23.9. The van der Waals surface area contributed by atoms with Crippen molar-refractivity contribution in [3.8, 4) is 0 Å². The number of carbonyl (C=O) groups excluding carboxylic acids is 1. The lowest BCUT2D eigenvalue weighted by Gasteiger charge is -2.22. The molecule has 0 bridgehead atoms. The number of hydrogen-bond acceptors (Lipinski definition) is 5. The lowest BCUT2D eigenvalue weighted by Crippen LogP contribution is -2.44. The molecule has 0 aliphatic carbocycles. The number of likely N-dealkylation sites (tertiary alicyclic amines) is 1. The van der Waals surface area contributed by atoms with E-state index >= 15 is 0 Å². The molecule has 1 fully saturated rings. The van der Waals surface area contributed by atoms with E-state index < -0.39 is 18.1 Å². The van der Waals surface area contributed by atoms with Crippen molar-refractivity contribution in [3.63, 3.8) is 0 Å². The number of unbranched alkanes of at least 4 members (excludes halogenated alkanes) is 1. The summed E-state index contributed by atoms with van der Waals surface area (Å²) in [7, 11) is 0. The molecule has 0 saturated carbocycles. The molecular weight excluding hydrogens is 298 g/mol. The molecule has 0 aromatic heterocycles. The summed E-state index contributed by atoms with van der Waals surface area (Å²) in [6, 6.07) is -1.08. The zero-order valence-electron chi connectivity index (χ0n) is 11.4. The summed E-state index contributed by atoms with van der Waals surface area (Å²) in [5, 5.41) is 18.9. The van der Waals surface area contributed by atoms with Gasteiger partial charge in [-0.05, 0) is 31.4 Å². The van der Waals surface area contributed by atoms with E-state index in [9.17, 15) is 14.7 Å². The van der Waals surface area contributed by atoms with Crippen LogP contribution in [-0.4, -0.2) is 56.7 Å². The standard InChI is InChI=1S/C13H23NO4S2/c15-10-5-7-14(12(10)13(17)18)11(16)4-2-1-3-9(20)6-8-19/h9-10,12,15,19-20H,1-8H2,(H,17,18)/t9?,10?,12-/m0/s1. The molecule has 1 aliphatic heterocycles. The van der Waals surface area contributed by atoms with Gasteiger partial charge in [-0.25, -0.2) is 4.79 Å². The number of hydrogen-bond donors (Lipinski definition) is 4. The van der Waals surface area contributed by atoms with Gasteiger partial charge in [-0.1, -0.05) is 6.42 Å². The van der Waals surface area contributed by atoms with E-state index in [1.807, 2.05) is 0 Å². The van der Waals surface area contributed by atoms with E-state index in [0.29, 0.717) is 24.6 Å². The number of carboxylic acid groups (broad SMARTS) is 1. The predicted molar refractivity (Wildman–Crippen MR) is 83.5 cm³/mol. The third-order valence-corrected chi connectivity index (χ3v) is 4.35. The smallest absolute Gasteiger partial charge is 0.329 e. The first-order chi connectivity index (χ1) is 9.47. The number of carboxylic acids is 1. The van der Waals surface area contributed by atoms with E-state index in [-0.39, 0.29) is 5.91 Å². The highest BCUT2D eigenvalue weighted by Crippen LogP contribution is 2.20. The highest BCUT2D eigenvalue weighted by Gasteiger charge is 2.40. The maximum atomic E-state index is 12.0. The summed E-state index contributed by atoms with van der Waals surface area (Å²) in [6.45, 7) is 0.325. The van der Waals surface area contributed by atoms with Crippen molar-refractivity contribution in [1.29, 1.82) is 0 Å². The molecular formula is C13H23NO4S2. The van der Waals surface area contributed by atoms with Gasteiger partial charge < -0.3 is 15.1 Å². The first-order valence-corrected chi connectivity index (χ1v) is 8.11. The molecule has 2 unspecified atom stereocenters. The van der Waals surface area contributed by atoms with E-state index in [1.54, 1.807) is 0 Å². The summed E-state index contributed by atoms with van der Waals surface area (Å²) in [4.78, 5) is 24.3. The van der Waals surface area contributed by atoms with Gasteiger partial charge in [0.25, 0.3) is 0 Å². The van der Waals surface area contributed by atoms with Crippen LogP contribution < -0.4 is 0 Å². The van der Waals surface area contributed by atoms with Crippen LogP contribution in [0.25, 0.3) is 0 Å². The summed E-state index contributed by atoms with van der Waals surface area (Å²) in [5.41, 5.74) is 0. The average molecular weight is 321 g/mol. The number of thiol groups is 2. The van der Waals surface area contributed by atoms with E-state index in [1.165, 1.54) is 4.90 Å². The number of nitrogens with zero attached hydrogens (tertiary/aromatic N) is 1. The maximum absolute atomic E-state index is 12.0. The van der Waals surface area contributed by atoms with Gasteiger partial charge in [-0.3, -0.25) is 4.79 Å². The van der Waals surface area contributed by atoms with Gasteiger partial charge >= 0.3 is 5.97 Å². The number of aliphatic carboxylic acids is 1. The van der Waals surface area contributed by atoms with Gasteiger partial charge in [-0.2, -0.15) is 25.3 Å². The van der Waals surface area contributed by atoms with Crippen LogP contribution in [0.4, 0.5) is 0 Å². The lowest BCUT2D eigenvalue weighted by molar-refractivity contribution is -0.151. The fraction of sp³-hybridized carbons (Fsp3) is 0.846. The van der Waals surface area contributed by atoms with Crippen LogP contribution in [0.15, 0.2) is 0 Å². The number of rotatable bonds is 8. The minimum absolute atomic E-state index is 0.182. The Morgan fingerprint density at radius 2 is 2.00 bits per heavy atom. The molecule has 1 amide bonds. The number of aliphatic hydroxyl groups is 1. The van der Waals surface area contributed by atoms with Gasteiger partial charge in [0.15, 0.2) is 6.04 Å². The van der Waals surface area contributed by atoms with E-state index in [0.717, 1.165) is 31.4 Å². The minimum atomic E-state index is -1.13. The number of aliphatic hydroxyl groups excluding tert-OH is 1. The molecule has 0 spiro atoms. The Bertz CT molecular complexity index is 340. The van der Waals surface area contributed by atoms with Crippen molar-refractivity contribution in [2.75, 3.05) is 12.3 Å². The Morgan fingerprint density at radius 3 is 2.60 bits per heavy atom. The largest absolute Gasteiger partial charge is 0.480 e. The summed E-state index contributed by atoms with van der Waals surface area (Å²) in [5.74, 6) is -0.509. The zero-order chi connectivity index (χ0) is 15.1. The highest BCUT2D eigenvalue weighted by atomic mass is 32.1. The Morgan fingerprint density at radius 1 is 1.30 bits per heavy atom. The topological polar surface area (TPSA) is 77.8 Å². The summed E-state index contributed by atoms with van der Waals surface area (Å²) in [6.07, 6.45) is 3.21. The molecule has 2 N–H and O–H groups in total. The fourth-order valence-corrected chi connectivity index (χ4v) is 3.27. The predicted octanol–water partition coefficient (Wildman–Crippen LogP) is 1.21. The van der Waals surface area contributed by atoms with Gasteiger partial charge in [0.05, 0.1) is 6.10 Å². The van der Waals surface area contributed by atoms with Crippen LogP contribution >= 0.6 is 25.3 Å². The Balaban J connectivity index is 2.30. The molecule has 20 heavy (non-hydrogen) atoms. The third kappa shape index (κ3) is 5.18. The first kappa shape index (κ1) is 17.7. The number of amides is 1. The summed E-state index contributed by atoms with van der Waals surface area (Å²) < 4.78 is 0. The Labute approximate surface area is 130 Å². The van der Waals surface area contributed by atoms with Crippen molar-refractivity contribution in [2.45, 2.75) is 55.9 Å². The highest BCUT2D eigenvalue weighted by molar-refractivity contribution is 7.81. The van der Waals surface area contributed by atoms with Crippen LogP contribution in [0.1, 0.15) is 38.5 Å².